The van der Waals surface area contributed by atoms with Crippen LogP contribution in [-0.4, -0.2) is 9.97 Å². The summed E-state index contributed by atoms with van der Waals surface area (Å²) in [7, 11) is 0. The van der Waals surface area contributed by atoms with Crippen LogP contribution in [0.15, 0.2) is 24.5 Å². The van der Waals surface area contributed by atoms with Crippen LogP contribution in [0.25, 0.3) is 0 Å². The monoisotopic (exact) mass is 233 g/mol. The molecule has 0 aliphatic rings. The molecule has 0 saturated carbocycles. The van der Waals surface area contributed by atoms with E-state index in [0.29, 0.717) is 0 Å². The molecule has 4 heteroatoms. The van der Waals surface area contributed by atoms with Crippen LogP contribution in [0.3, 0.4) is 0 Å². The fraction of sp³-hybridized carbons (Fsp3) is 0.333. The van der Waals surface area contributed by atoms with Gasteiger partial charge in [-0.3, -0.25) is 4.98 Å². The molecule has 0 radical (unpaired) electrons. The minimum atomic E-state index is 0.824. The van der Waals surface area contributed by atoms with E-state index in [9.17, 15) is 0 Å². The summed E-state index contributed by atoms with van der Waals surface area (Å²) in [6.45, 7) is 4.96. The minimum absolute atomic E-state index is 0.824. The second kappa shape index (κ2) is 5.07. The van der Waals surface area contributed by atoms with E-state index < -0.39 is 0 Å². The summed E-state index contributed by atoms with van der Waals surface area (Å²) in [5, 5.41) is 3.30. The van der Waals surface area contributed by atoms with E-state index in [1.54, 1.807) is 12.4 Å². The van der Waals surface area contributed by atoms with Crippen molar-refractivity contribution >= 4 is 17.2 Å². The van der Waals surface area contributed by atoms with Crippen LogP contribution in [0.2, 0.25) is 0 Å². The third-order valence-electron chi connectivity index (χ3n) is 2.38. The van der Waals surface area contributed by atoms with Crippen LogP contribution in [0.1, 0.15) is 22.4 Å². The van der Waals surface area contributed by atoms with Gasteiger partial charge in [-0.25, -0.2) is 4.98 Å². The highest BCUT2D eigenvalue weighted by molar-refractivity contribution is 7.12. The molecule has 0 aliphatic heterocycles. The molecule has 0 amide bonds. The second-order valence-electron chi connectivity index (χ2n) is 3.57. The van der Waals surface area contributed by atoms with Crippen molar-refractivity contribution in [3.8, 4) is 0 Å². The van der Waals surface area contributed by atoms with Crippen LogP contribution in [0.5, 0.6) is 0 Å². The molecule has 2 aromatic heterocycles. The first-order valence-corrected chi connectivity index (χ1v) is 6.20. The molecular formula is C12H15N3S. The van der Waals surface area contributed by atoms with Gasteiger partial charge in [0.2, 0.25) is 0 Å². The smallest absolute Gasteiger partial charge is 0.147 e. The Balaban J connectivity index is 1.99. The summed E-state index contributed by atoms with van der Waals surface area (Å²) >= 11 is 1.85. The van der Waals surface area contributed by atoms with E-state index in [0.717, 1.165) is 24.5 Å². The molecule has 2 aromatic rings. The molecule has 0 aliphatic carbocycles. The van der Waals surface area contributed by atoms with Crippen LogP contribution in [-0.2, 0) is 13.0 Å². The molecule has 0 saturated heterocycles. The summed E-state index contributed by atoms with van der Waals surface area (Å²) in [6, 6.07) is 4.35. The summed E-state index contributed by atoms with van der Waals surface area (Å²) in [4.78, 5) is 11.2. The zero-order valence-electron chi connectivity index (χ0n) is 9.53. The van der Waals surface area contributed by atoms with Gasteiger partial charge < -0.3 is 5.32 Å². The average Bonchev–Trinajstić information content (AvgIpc) is 2.76. The number of aromatic nitrogens is 2. The van der Waals surface area contributed by atoms with Crippen molar-refractivity contribution in [2.24, 2.45) is 0 Å². The average molecular weight is 233 g/mol. The van der Waals surface area contributed by atoms with Gasteiger partial charge in [-0.15, -0.1) is 11.3 Å². The highest BCUT2D eigenvalue weighted by Crippen LogP contribution is 2.18. The molecule has 0 unspecified atom stereocenters. The number of thiophene rings is 1. The largest absolute Gasteiger partial charge is 0.364 e. The van der Waals surface area contributed by atoms with E-state index in [-0.39, 0.29) is 0 Å². The van der Waals surface area contributed by atoms with Gasteiger partial charge in [-0.05, 0) is 25.5 Å². The Labute approximate surface area is 99.6 Å². The third-order valence-corrected chi connectivity index (χ3v) is 3.61. The lowest BCUT2D eigenvalue weighted by atomic mass is 10.3. The predicted octanol–water partition coefficient (Wildman–Crippen LogP) is 3.02. The lowest BCUT2D eigenvalue weighted by Gasteiger charge is -2.05. The molecule has 2 heterocycles. The number of aryl methyl sites for hydroxylation is 2. The number of hydrogen-bond donors (Lipinski definition) is 1. The molecule has 0 aromatic carbocycles. The lowest BCUT2D eigenvalue weighted by molar-refractivity contribution is 1.06. The zero-order chi connectivity index (χ0) is 11.4. The normalized spacial score (nSPS) is 10.4. The van der Waals surface area contributed by atoms with Gasteiger partial charge in [-0.1, -0.05) is 6.92 Å². The Bertz CT molecular complexity index is 465. The summed E-state index contributed by atoms with van der Waals surface area (Å²) in [5.74, 6) is 0.869. The zero-order valence-corrected chi connectivity index (χ0v) is 10.3. The lowest BCUT2D eigenvalue weighted by Crippen LogP contribution is -2.02. The van der Waals surface area contributed by atoms with Gasteiger partial charge in [-0.2, -0.15) is 0 Å². The SMILES string of the molecule is CCc1ccc(CNc2nccnc2C)s1. The van der Waals surface area contributed by atoms with Crippen molar-refractivity contribution < 1.29 is 0 Å². The van der Waals surface area contributed by atoms with E-state index in [4.69, 9.17) is 0 Å². The molecule has 0 bridgehead atoms. The fourth-order valence-electron chi connectivity index (χ4n) is 1.46. The van der Waals surface area contributed by atoms with Crippen LogP contribution >= 0.6 is 11.3 Å². The van der Waals surface area contributed by atoms with E-state index in [1.165, 1.54) is 9.75 Å². The van der Waals surface area contributed by atoms with Gasteiger partial charge in [0.15, 0.2) is 0 Å². The summed E-state index contributed by atoms with van der Waals surface area (Å²) in [5.41, 5.74) is 0.940. The van der Waals surface area contributed by atoms with Crippen molar-refractivity contribution in [3.05, 3.63) is 40.0 Å². The topological polar surface area (TPSA) is 37.8 Å². The molecular weight excluding hydrogens is 218 g/mol. The van der Waals surface area contributed by atoms with Crippen molar-refractivity contribution in [3.63, 3.8) is 0 Å². The first-order valence-electron chi connectivity index (χ1n) is 5.38. The molecule has 3 nitrogen and oxygen atoms in total. The molecule has 0 fully saturated rings. The Kier molecular flexibility index (Phi) is 3.51. The first-order chi connectivity index (χ1) is 7.79. The predicted molar refractivity (Wildman–Crippen MR) is 67.8 cm³/mol. The number of hydrogen-bond acceptors (Lipinski definition) is 4. The highest BCUT2D eigenvalue weighted by Gasteiger charge is 2.01. The molecule has 2 rings (SSSR count). The van der Waals surface area contributed by atoms with Gasteiger partial charge >= 0.3 is 0 Å². The maximum absolute atomic E-state index is 4.25. The number of anilines is 1. The summed E-state index contributed by atoms with van der Waals surface area (Å²) in [6.07, 6.45) is 4.52. The van der Waals surface area contributed by atoms with E-state index in [2.05, 4.69) is 34.3 Å². The molecule has 1 N–H and O–H groups in total. The maximum atomic E-state index is 4.25. The summed E-state index contributed by atoms with van der Waals surface area (Å²) < 4.78 is 0. The van der Waals surface area contributed by atoms with Crippen LogP contribution in [0.4, 0.5) is 5.82 Å². The Morgan fingerprint density at radius 2 is 1.94 bits per heavy atom. The molecule has 0 atom stereocenters. The minimum Gasteiger partial charge on any atom is -0.364 e. The first kappa shape index (κ1) is 11.1. The van der Waals surface area contributed by atoms with Gasteiger partial charge in [0, 0.05) is 22.1 Å². The number of rotatable bonds is 4. The Morgan fingerprint density at radius 1 is 1.19 bits per heavy atom. The number of nitrogens with one attached hydrogen (secondary N) is 1. The fourth-order valence-corrected chi connectivity index (χ4v) is 2.36. The van der Waals surface area contributed by atoms with Gasteiger partial charge in [0.1, 0.15) is 5.82 Å². The van der Waals surface area contributed by atoms with Crippen LogP contribution < -0.4 is 5.32 Å². The third kappa shape index (κ3) is 2.58. The van der Waals surface area contributed by atoms with Crippen molar-refractivity contribution in [2.75, 3.05) is 5.32 Å². The van der Waals surface area contributed by atoms with E-state index >= 15 is 0 Å². The van der Waals surface area contributed by atoms with Crippen molar-refractivity contribution in [2.45, 2.75) is 26.8 Å². The highest BCUT2D eigenvalue weighted by atomic mass is 32.1. The van der Waals surface area contributed by atoms with Crippen molar-refractivity contribution in [1.29, 1.82) is 0 Å². The van der Waals surface area contributed by atoms with Gasteiger partial charge in [0.25, 0.3) is 0 Å². The quantitative estimate of drug-likeness (QED) is 0.882. The van der Waals surface area contributed by atoms with Crippen molar-refractivity contribution in [1.82, 2.24) is 9.97 Å². The van der Waals surface area contributed by atoms with Gasteiger partial charge in [0.05, 0.1) is 12.2 Å². The standard InChI is InChI=1S/C12H15N3S/c1-3-10-4-5-11(16-10)8-15-12-9(2)13-6-7-14-12/h4-7H,3,8H2,1-2H3,(H,14,15). The molecule has 84 valence electrons. The molecule has 0 spiro atoms. The molecule has 16 heavy (non-hydrogen) atoms. The maximum Gasteiger partial charge on any atom is 0.147 e. The van der Waals surface area contributed by atoms with E-state index in [1.807, 2.05) is 18.3 Å². The van der Waals surface area contributed by atoms with Crippen LogP contribution in [0, 0.1) is 6.92 Å². The second-order valence-corrected chi connectivity index (χ2v) is 4.82. The Hall–Kier alpha value is -1.42. The number of nitrogens with zero attached hydrogens (tertiary/aromatic N) is 2. The Morgan fingerprint density at radius 3 is 2.62 bits per heavy atom.